The minimum Gasteiger partial charge on any atom is -0.383 e. The summed E-state index contributed by atoms with van der Waals surface area (Å²) in [5, 5.41) is 0. The number of anilines is 2. The van der Waals surface area contributed by atoms with Crippen molar-refractivity contribution in [3.63, 3.8) is 0 Å². The molecule has 2 aromatic heterocycles. The number of hydrogen-bond acceptors (Lipinski definition) is 5. The van der Waals surface area contributed by atoms with Crippen LogP contribution < -0.4 is 10.6 Å². The van der Waals surface area contributed by atoms with Crippen LogP contribution in [0.15, 0.2) is 18.6 Å². The lowest BCUT2D eigenvalue weighted by Gasteiger charge is -2.29. The number of ether oxygens (including phenoxy) is 1. The largest absolute Gasteiger partial charge is 0.383 e. The summed E-state index contributed by atoms with van der Waals surface area (Å²) in [6.45, 7) is 5.73. The van der Waals surface area contributed by atoms with Gasteiger partial charge in [0.1, 0.15) is 5.82 Å². The fourth-order valence-electron chi connectivity index (χ4n) is 2.07. The van der Waals surface area contributed by atoms with Crippen LogP contribution >= 0.6 is 0 Å². The van der Waals surface area contributed by atoms with Gasteiger partial charge < -0.3 is 19.8 Å². The number of imidazole rings is 1. The summed E-state index contributed by atoms with van der Waals surface area (Å²) in [4.78, 5) is 11.0. The third-order valence-corrected chi connectivity index (χ3v) is 3.31. The SMILES string of the molecule is CCC(C)N(CCOC)c1nc(N)cn2ccnc12. The quantitative estimate of drug-likeness (QED) is 0.856. The summed E-state index contributed by atoms with van der Waals surface area (Å²) in [7, 11) is 1.70. The molecule has 104 valence electrons. The van der Waals surface area contributed by atoms with E-state index in [4.69, 9.17) is 10.5 Å². The summed E-state index contributed by atoms with van der Waals surface area (Å²) < 4.78 is 7.09. The van der Waals surface area contributed by atoms with Crippen LogP contribution in [-0.2, 0) is 4.74 Å². The molecule has 19 heavy (non-hydrogen) atoms. The fourth-order valence-corrected chi connectivity index (χ4v) is 2.07. The van der Waals surface area contributed by atoms with E-state index in [1.165, 1.54) is 0 Å². The third kappa shape index (κ3) is 2.78. The molecule has 2 aromatic rings. The number of nitrogens with two attached hydrogens (primary N) is 1. The Labute approximate surface area is 113 Å². The molecular weight excluding hydrogens is 242 g/mol. The molecule has 0 spiro atoms. The van der Waals surface area contributed by atoms with Gasteiger partial charge in [-0.05, 0) is 13.3 Å². The van der Waals surface area contributed by atoms with Gasteiger partial charge in [-0.3, -0.25) is 0 Å². The first-order valence-electron chi connectivity index (χ1n) is 6.52. The van der Waals surface area contributed by atoms with Crippen molar-refractivity contribution in [3.8, 4) is 0 Å². The van der Waals surface area contributed by atoms with Crippen LogP contribution in [0.1, 0.15) is 20.3 Å². The van der Waals surface area contributed by atoms with Gasteiger partial charge in [-0.15, -0.1) is 0 Å². The maximum absolute atomic E-state index is 5.87. The average Bonchev–Trinajstić information content (AvgIpc) is 2.86. The third-order valence-electron chi connectivity index (χ3n) is 3.31. The van der Waals surface area contributed by atoms with Crippen LogP contribution in [0.4, 0.5) is 11.6 Å². The van der Waals surface area contributed by atoms with E-state index in [0.717, 1.165) is 24.4 Å². The predicted molar refractivity (Wildman–Crippen MR) is 76.4 cm³/mol. The van der Waals surface area contributed by atoms with Crippen LogP contribution in [0.3, 0.4) is 0 Å². The molecule has 0 saturated carbocycles. The molecule has 0 bridgehead atoms. The van der Waals surface area contributed by atoms with E-state index in [1.54, 1.807) is 19.5 Å². The van der Waals surface area contributed by atoms with E-state index in [0.29, 0.717) is 18.5 Å². The Morgan fingerprint density at radius 1 is 1.53 bits per heavy atom. The van der Waals surface area contributed by atoms with Crippen LogP contribution in [0.5, 0.6) is 0 Å². The van der Waals surface area contributed by atoms with E-state index in [2.05, 4.69) is 28.7 Å². The summed E-state index contributed by atoms with van der Waals surface area (Å²) >= 11 is 0. The molecule has 0 radical (unpaired) electrons. The first-order chi connectivity index (χ1) is 9.17. The average molecular weight is 263 g/mol. The van der Waals surface area contributed by atoms with Crippen LogP contribution in [0.25, 0.3) is 5.65 Å². The molecule has 1 atom stereocenters. The van der Waals surface area contributed by atoms with Crippen LogP contribution in [0, 0.1) is 0 Å². The van der Waals surface area contributed by atoms with Gasteiger partial charge in [-0.2, -0.15) is 0 Å². The highest BCUT2D eigenvalue weighted by Crippen LogP contribution is 2.22. The molecule has 0 aliphatic carbocycles. The van der Waals surface area contributed by atoms with Crippen molar-refractivity contribution in [1.29, 1.82) is 0 Å². The Morgan fingerprint density at radius 2 is 2.32 bits per heavy atom. The normalized spacial score (nSPS) is 12.8. The minimum absolute atomic E-state index is 0.352. The number of aromatic nitrogens is 3. The fraction of sp³-hybridized carbons (Fsp3) is 0.538. The number of rotatable bonds is 6. The van der Waals surface area contributed by atoms with Gasteiger partial charge in [0.05, 0.1) is 12.8 Å². The summed E-state index contributed by atoms with van der Waals surface area (Å²) in [6, 6.07) is 0.352. The lowest BCUT2D eigenvalue weighted by molar-refractivity contribution is 0.203. The van der Waals surface area contributed by atoms with E-state index in [1.807, 2.05) is 10.6 Å². The van der Waals surface area contributed by atoms with Crippen molar-refractivity contribution in [2.75, 3.05) is 30.9 Å². The van der Waals surface area contributed by atoms with Gasteiger partial charge in [0.25, 0.3) is 0 Å². The van der Waals surface area contributed by atoms with Gasteiger partial charge in [-0.1, -0.05) is 6.92 Å². The lowest BCUT2D eigenvalue weighted by Crippen LogP contribution is -2.36. The van der Waals surface area contributed by atoms with Gasteiger partial charge in [0.15, 0.2) is 11.5 Å². The molecule has 0 fully saturated rings. The standard InChI is InChI=1S/C13H21N5O/c1-4-10(2)18(7-8-19-3)13-12-15-5-6-17(12)9-11(14)16-13/h5-6,9-10H,4,7-8,14H2,1-3H3. The Morgan fingerprint density at radius 3 is 3.00 bits per heavy atom. The molecule has 0 aromatic carbocycles. The van der Waals surface area contributed by atoms with Crippen molar-refractivity contribution < 1.29 is 4.74 Å². The number of fused-ring (bicyclic) bond motifs is 1. The van der Waals surface area contributed by atoms with E-state index in [9.17, 15) is 0 Å². The van der Waals surface area contributed by atoms with E-state index in [-0.39, 0.29) is 0 Å². The second-order valence-electron chi connectivity index (χ2n) is 4.59. The van der Waals surface area contributed by atoms with Crippen molar-refractivity contribution in [2.24, 2.45) is 0 Å². The van der Waals surface area contributed by atoms with Crippen molar-refractivity contribution in [2.45, 2.75) is 26.3 Å². The summed E-state index contributed by atoms with van der Waals surface area (Å²) in [5.41, 5.74) is 6.70. The zero-order chi connectivity index (χ0) is 13.8. The van der Waals surface area contributed by atoms with Gasteiger partial charge in [0.2, 0.25) is 0 Å². The van der Waals surface area contributed by atoms with Gasteiger partial charge in [-0.25, -0.2) is 9.97 Å². The van der Waals surface area contributed by atoms with E-state index < -0.39 is 0 Å². The van der Waals surface area contributed by atoms with Crippen molar-refractivity contribution in [3.05, 3.63) is 18.6 Å². The van der Waals surface area contributed by atoms with Gasteiger partial charge >= 0.3 is 0 Å². The number of nitrogens with zero attached hydrogens (tertiary/aromatic N) is 4. The molecule has 2 N–H and O–H groups in total. The molecular formula is C13H21N5O. The summed E-state index contributed by atoms with van der Waals surface area (Å²) in [5.74, 6) is 1.31. The summed E-state index contributed by atoms with van der Waals surface area (Å²) in [6.07, 6.45) is 6.43. The maximum atomic E-state index is 5.87. The van der Waals surface area contributed by atoms with E-state index >= 15 is 0 Å². The molecule has 0 aliphatic heterocycles. The predicted octanol–water partition coefficient (Wildman–Crippen LogP) is 1.56. The Hall–Kier alpha value is -1.82. The minimum atomic E-state index is 0.352. The van der Waals surface area contributed by atoms with Crippen LogP contribution in [-0.4, -0.2) is 40.7 Å². The number of nitrogen functional groups attached to an aromatic ring is 1. The Kier molecular flexibility index (Phi) is 4.21. The van der Waals surface area contributed by atoms with Gasteiger partial charge in [0, 0.05) is 32.1 Å². The molecule has 0 saturated heterocycles. The Bertz CT molecular complexity index is 539. The first kappa shape index (κ1) is 13.6. The topological polar surface area (TPSA) is 68.7 Å². The zero-order valence-corrected chi connectivity index (χ0v) is 11.7. The zero-order valence-electron chi connectivity index (χ0n) is 11.7. The smallest absolute Gasteiger partial charge is 0.180 e. The molecule has 0 aliphatic rings. The second-order valence-corrected chi connectivity index (χ2v) is 4.59. The molecule has 6 nitrogen and oxygen atoms in total. The number of methoxy groups -OCH3 is 1. The molecule has 2 rings (SSSR count). The highest BCUT2D eigenvalue weighted by Gasteiger charge is 2.18. The highest BCUT2D eigenvalue weighted by molar-refractivity contribution is 5.66. The molecule has 1 unspecified atom stereocenters. The maximum Gasteiger partial charge on any atom is 0.180 e. The monoisotopic (exact) mass is 263 g/mol. The Balaban J connectivity index is 2.44. The lowest BCUT2D eigenvalue weighted by atomic mass is 10.2. The van der Waals surface area contributed by atoms with Crippen LogP contribution in [0.2, 0.25) is 0 Å². The van der Waals surface area contributed by atoms with Crippen molar-refractivity contribution in [1.82, 2.24) is 14.4 Å². The number of hydrogen-bond donors (Lipinski definition) is 1. The molecule has 2 heterocycles. The highest BCUT2D eigenvalue weighted by atomic mass is 16.5. The molecule has 6 heteroatoms. The molecule has 0 amide bonds. The van der Waals surface area contributed by atoms with Crippen molar-refractivity contribution >= 4 is 17.3 Å². The first-order valence-corrected chi connectivity index (χ1v) is 6.52. The second kappa shape index (κ2) is 5.88.